The summed E-state index contributed by atoms with van der Waals surface area (Å²) in [6, 6.07) is 68.8. The lowest BCUT2D eigenvalue weighted by Gasteiger charge is -2.45. The Morgan fingerprint density at radius 1 is 0.589 bits per heavy atom. The van der Waals surface area contributed by atoms with Gasteiger partial charge in [0.2, 0.25) is 0 Å². The zero-order valence-corrected chi connectivity index (χ0v) is 40.9. The molecule has 3 aromatic heterocycles. The molecule has 0 bridgehead atoms. The minimum Gasteiger partial charge on any atom is -0.455 e. The van der Waals surface area contributed by atoms with Crippen molar-refractivity contribution in [2.24, 2.45) is 15.4 Å². The van der Waals surface area contributed by atoms with Crippen LogP contribution in [-0.4, -0.2) is 28.2 Å². The second-order valence-corrected chi connectivity index (χ2v) is 21.3. The average Bonchev–Trinajstić information content (AvgIpc) is 4.13. The fourth-order valence-corrected chi connectivity index (χ4v) is 14.0. The predicted molar refractivity (Wildman–Crippen MR) is 308 cm³/mol. The molecule has 0 fully saturated rings. The number of hydrogen-bond donors (Lipinski definition) is 0. The van der Waals surface area contributed by atoms with Gasteiger partial charge in [0.25, 0.3) is 0 Å². The summed E-state index contributed by atoms with van der Waals surface area (Å²) < 4.78 is 12.0. The van der Waals surface area contributed by atoms with Crippen molar-refractivity contribution in [3.63, 3.8) is 0 Å². The minimum absolute atomic E-state index is 0.133. The monoisotopic (exact) mass is 952 g/mol. The van der Waals surface area contributed by atoms with Crippen molar-refractivity contribution < 1.29 is 4.42 Å². The van der Waals surface area contributed by atoms with E-state index in [0.29, 0.717) is 5.84 Å². The number of hydrogen-bond acceptors (Lipinski definition) is 5. The zero-order valence-electron chi connectivity index (χ0n) is 40.0. The van der Waals surface area contributed by atoms with Gasteiger partial charge < -0.3 is 13.9 Å². The van der Waals surface area contributed by atoms with E-state index in [4.69, 9.17) is 14.4 Å². The van der Waals surface area contributed by atoms with Gasteiger partial charge in [-0.25, -0.2) is 9.98 Å². The first-order valence-electron chi connectivity index (χ1n) is 25.2. The Morgan fingerprint density at radius 3 is 2.23 bits per heavy atom. The Morgan fingerprint density at radius 2 is 1.33 bits per heavy atom. The van der Waals surface area contributed by atoms with E-state index in [1.165, 1.54) is 74.6 Å². The van der Waals surface area contributed by atoms with Crippen LogP contribution in [0.2, 0.25) is 0 Å². The number of fused-ring (bicyclic) bond motifs is 17. The van der Waals surface area contributed by atoms with Crippen LogP contribution in [0.1, 0.15) is 41.3 Å². The van der Waals surface area contributed by atoms with Gasteiger partial charge in [0.15, 0.2) is 12.0 Å². The number of benzene rings is 10. The molecule has 0 amide bonds. The van der Waals surface area contributed by atoms with Gasteiger partial charge in [-0.2, -0.15) is 0 Å². The molecule has 4 heterocycles. The van der Waals surface area contributed by atoms with Gasteiger partial charge in [-0.05, 0) is 86.6 Å². The molecule has 3 aliphatic rings. The second-order valence-electron chi connectivity index (χ2n) is 20.3. The average molecular weight is 953 g/mol. The Kier molecular flexibility index (Phi) is 8.44. The summed E-state index contributed by atoms with van der Waals surface area (Å²) in [6.45, 7) is 2.37. The quantitative estimate of drug-likeness (QED) is 0.176. The lowest BCUT2D eigenvalue weighted by atomic mass is 9.62. The molecular weight excluding hydrogens is 909 g/mol. The summed E-state index contributed by atoms with van der Waals surface area (Å²) in [4.78, 5) is 14.0. The van der Waals surface area contributed by atoms with E-state index >= 15 is 0 Å². The van der Waals surface area contributed by atoms with E-state index in [-0.39, 0.29) is 11.3 Å². The number of aromatic nitrogens is 1. The molecule has 0 radical (unpaired) electrons. The highest BCUT2D eigenvalue weighted by Gasteiger charge is 2.44. The standard InChI is InChI=1S/C67H44N4OS/c1-67-33-14-13-26-55(67)45-20-7-6-19-42(45)37-56(67)66-69-64(68-65(70(66)2)52-25-15-24-50-48-22-10-12-28-59(48)73-63(50)52)54-36-43-34-44(30-32-46(43)60-51-23-9-11-27-58(51)72-62(54)60)71-57-38-41-18-4-3-17-40(41)35-53(57)49-31-29-39-16-5-8-21-47(39)61(49)71/h3-38,55,65H,1-2H3. The molecule has 0 spiro atoms. The maximum absolute atomic E-state index is 7.06. The molecule has 3 atom stereocenters. The van der Waals surface area contributed by atoms with Crippen molar-refractivity contribution in [3.05, 3.63) is 240 Å². The summed E-state index contributed by atoms with van der Waals surface area (Å²) in [7, 11) is 2.18. The third kappa shape index (κ3) is 5.78. The maximum atomic E-state index is 7.06. The lowest BCUT2D eigenvalue weighted by molar-refractivity contribution is 0.370. The lowest BCUT2D eigenvalue weighted by Crippen LogP contribution is -2.42. The molecule has 0 saturated carbocycles. The number of para-hydroxylation sites is 1. The molecule has 6 heteroatoms. The second kappa shape index (κ2) is 15.1. The van der Waals surface area contributed by atoms with Crippen LogP contribution in [0.5, 0.6) is 0 Å². The largest absolute Gasteiger partial charge is 0.455 e. The molecule has 3 unspecified atom stereocenters. The summed E-state index contributed by atoms with van der Waals surface area (Å²) in [6.07, 6.45) is 11.1. The smallest absolute Gasteiger partial charge is 0.163 e. The number of thiophene rings is 1. The summed E-state index contributed by atoms with van der Waals surface area (Å²) in [5, 5.41) is 14.2. The van der Waals surface area contributed by atoms with E-state index in [9.17, 15) is 0 Å². The fourth-order valence-electron chi connectivity index (χ4n) is 12.8. The van der Waals surface area contributed by atoms with Gasteiger partial charge in [0.1, 0.15) is 17.0 Å². The van der Waals surface area contributed by atoms with Gasteiger partial charge >= 0.3 is 0 Å². The summed E-state index contributed by atoms with van der Waals surface area (Å²) in [5.74, 6) is 1.68. The number of furan rings is 1. The molecule has 5 nitrogen and oxygen atoms in total. The van der Waals surface area contributed by atoms with Crippen LogP contribution in [-0.2, 0) is 0 Å². The Bertz CT molecular complexity index is 4750. The third-order valence-electron chi connectivity index (χ3n) is 16.3. The number of likely N-dealkylation sites (N-methyl/N-ethyl adjacent to an activating group) is 1. The minimum atomic E-state index is -0.398. The molecule has 10 aromatic carbocycles. The van der Waals surface area contributed by atoms with Crippen LogP contribution < -0.4 is 0 Å². The SMILES string of the molecule is CN1C(C2=Cc3ccccc3C3C=CC=CC23C)=NC(c2cc3cc(-n4c5cc6ccccc6cc5c5ccc6ccccc6c54)ccc3c3c2oc2ccccc23)=NC1c1cccc2c1sc1ccccc12. The molecule has 2 aliphatic carbocycles. The molecule has 0 saturated heterocycles. The molecule has 344 valence electrons. The van der Waals surface area contributed by atoms with Gasteiger partial charge in [-0.1, -0.05) is 177 Å². The van der Waals surface area contributed by atoms with Crippen LogP contribution in [0.15, 0.2) is 232 Å². The van der Waals surface area contributed by atoms with E-state index in [2.05, 4.69) is 242 Å². The Hall–Kier alpha value is -8.84. The van der Waals surface area contributed by atoms with Gasteiger partial charge in [0.05, 0.1) is 16.6 Å². The van der Waals surface area contributed by atoms with Crippen molar-refractivity contribution >= 4 is 125 Å². The fraction of sp³-hybridized carbons (Fsp3) is 0.0746. The predicted octanol–water partition coefficient (Wildman–Crippen LogP) is 17.6. The summed E-state index contributed by atoms with van der Waals surface area (Å²) in [5.41, 5.74) is 10.4. The third-order valence-corrected chi connectivity index (χ3v) is 17.5. The molecule has 0 N–H and O–H groups in total. The van der Waals surface area contributed by atoms with Crippen LogP contribution in [0.3, 0.4) is 0 Å². The Balaban J connectivity index is 0.989. The van der Waals surface area contributed by atoms with Crippen molar-refractivity contribution in [2.75, 3.05) is 7.05 Å². The highest BCUT2D eigenvalue weighted by Crippen LogP contribution is 2.53. The van der Waals surface area contributed by atoms with Gasteiger partial charge in [-0.15, -0.1) is 11.3 Å². The molecule has 16 rings (SSSR count). The van der Waals surface area contributed by atoms with Crippen molar-refractivity contribution in [1.82, 2.24) is 9.47 Å². The molecule has 1 aliphatic heterocycles. The number of aliphatic imine (C=N–C) groups is 2. The Labute approximate surface area is 424 Å². The maximum Gasteiger partial charge on any atom is 0.163 e. The van der Waals surface area contributed by atoms with Crippen LogP contribution in [0.25, 0.3) is 108 Å². The first kappa shape index (κ1) is 40.8. The number of amidine groups is 2. The first-order chi connectivity index (χ1) is 36.0. The number of allylic oxidation sites excluding steroid dienone is 4. The van der Waals surface area contributed by atoms with Crippen LogP contribution in [0.4, 0.5) is 0 Å². The topological polar surface area (TPSA) is 46.0 Å². The van der Waals surface area contributed by atoms with Crippen molar-refractivity contribution in [2.45, 2.75) is 19.0 Å². The molecule has 73 heavy (non-hydrogen) atoms. The first-order valence-corrected chi connectivity index (χ1v) is 26.0. The van der Waals surface area contributed by atoms with Gasteiger partial charge in [0, 0.05) is 82.3 Å². The van der Waals surface area contributed by atoms with E-state index in [1.54, 1.807) is 0 Å². The highest BCUT2D eigenvalue weighted by atomic mass is 32.1. The number of nitrogens with zero attached hydrogens (tertiary/aromatic N) is 4. The van der Waals surface area contributed by atoms with Crippen molar-refractivity contribution in [1.29, 1.82) is 0 Å². The molecule has 13 aromatic rings. The van der Waals surface area contributed by atoms with Gasteiger partial charge in [-0.3, -0.25) is 0 Å². The van der Waals surface area contributed by atoms with E-state index in [1.807, 2.05) is 11.3 Å². The highest BCUT2D eigenvalue weighted by molar-refractivity contribution is 7.26. The van der Waals surface area contributed by atoms with Crippen LogP contribution in [0, 0.1) is 5.41 Å². The van der Waals surface area contributed by atoms with Crippen LogP contribution >= 0.6 is 11.3 Å². The van der Waals surface area contributed by atoms with E-state index < -0.39 is 6.17 Å². The van der Waals surface area contributed by atoms with E-state index in [0.717, 1.165) is 60.9 Å². The normalized spacial score (nSPS) is 18.7. The zero-order chi connectivity index (χ0) is 48.1. The van der Waals surface area contributed by atoms with Crippen molar-refractivity contribution in [3.8, 4) is 5.69 Å². The summed E-state index contributed by atoms with van der Waals surface area (Å²) >= 11 is 1.84. The number of rotatable bonds is 4. The molecular formula is C67H44N4OS.